The van der Waals surface area contributed by atoms with Gasteiger partial charge in [-0.25, -0.2) is 4.79 Å². The number of amides is 1. The molecule has 0 N–H and O–H groups in total. The summed E-state index contributed by atoms with van der Waals surface area (Å²) in [7, 11) is 1.40. The molecule has 1 aliphatic heterocycles. The van der Waals surface area contributed by atoms with Crippen molar-refractivity contribution in [2.45, 2.75) is 31.7 Å². The third-order valence-electron chi connectivity index (χ3n) is 3.40. The topological polar surface area (TPSA) is 53.3 Å². The maximum atomic E-state index is 11.5. The zero-order valence-corrected chi connectivity index (χ0v) is 8.98. The van der Waals surface area contributed by atoms with Gasteiger partial charge in [0.2, 0.25) is 0 Å². The van der Waals surface area contributed by atoms with Crippen LogP contribution in [0.25, 0.3) is 0 Å². The number of carbonyl (C=O) groups excluding carboxylic acids is 1. The third-order valence-corrected chi connectivity index (χ3v) is 3.40. The lowest BCUT2D eigenvalue weighted by Gasteiger charge is -2.26. The molecule has 0 bridgehead atoms. The van der Waals surface area contributed by atoms with Crippen LogP contribution in [0.2, 0.25) is 0 Å². The first-order chi connectivity index (χ1) is 7.27. The summed E-state index contributed by atoms with van der Waals surface area (Å²) in [5, 5.41) is 9.14. The van der Waals surface area contributed by atoms with Gasteiger partial charge in [-0.15, -0.1) is 0 Å². The predicted octanol–water partition coefficient (Wildman–Crippen LogP) is 1.77. The molecule has 2 fully saturated rings. The Balaban J connectivity index is 2.06. The summed E-state index contributed by atoms with van der Waals surface area (Å²) in [5.41, 5.74) is 0. The lowest BCUT2D eigenvalue weighted by atomic mass is 9.94. The Morgan fingerprint density at radius 1 is 1.53 bits per heavy atom. The van der Waals surface area contributed by atoms with Crippen LogP contribution in [-0.4, -0.2) is 30.7 Å². The smallest absolute Gasteiger partial charge is 0.409 e. The number of hydrogen-bond donors (Lipinski definition) is 0. The van der Waals surface area contributed by atoms with E-state index in [1.54, 1.807) is 4.90 Å². The number of hydrogen-bond acceptors (Lipinski definition) is 3. The van der Waals surface area contributed by atoms with E-state index in [1.807, 2.05) is 0 Å². The third kappa shape index (κ3) is 1.92. The summed E-state index contributed by atoms with van der Waals surface area (Å²) >= 11 is 0. The van der Waals surface area contributed by atoms with Crippen molar-refractivity contribution in [3.8, 4) is 6.07 Å². The number of nitrogens with zero attached hydrogens (tertiary/aromatic N) is 2. The Bertz CT molecular complexity index is 293. The minimum absolute atomic E-state index is 0.0200. The molecular formula is C11H16N2O2. The highest BCUT2D eigenvalue weighted by molar-refractivity contribution is 5.68. The van der Waals surface area contributed by atoms with Crippen LogP contribution in [-0.2, 0) is 4.74 Å². The number of methoxy groups -OCH3 is 1. The van der Waals surface area contributed by atoms with Crippen LogP contribution in [0.3, 0.4) is 0 Å². The van der Waals surface area contributed by atoms with E-state index < -0.39 is 0 Å². The van der Waals surface area contributed by atoms with Crippen LogP contribution >= 0.6 is 0 Å². The molecule has 0 radical (unpaired) electrons. The number of ether oxygens (including phenoxy) is 1. The van der Waals surface area contributed by atoms with Gasteiger partial charge in [0.05, 0.1) is 25.1 Å². The average Bonchev–Trinajstić information content (AvgIpc) is 2.96. The summed E-state index contributed by atoms with van der Waals surface area (Å²) in [6, 6.07) is 2.46. The molecule has 2 unspecified atom stereocenters. The Morgan fingerprint density at radius 2 is 2.27 bits per heavy atom. The van der Waals surface area contributed by atoms with E-state index in [9.17, 15) is 4.79 Å². The van der Waals surface area contributed by atoms with Crippen molar-refractivity contribution < 1.29 is 9.53 Å². The second kappa shape index (κ2) is 4.09. The van der Waals surface area contributed by atoms with Crippen molar-refractivity contribution in [1.29, 1.82) is 5.26 Å². The Morgan fingerprint density at radius 3 is 2.80 bits per heavy atom. The fourth-order valence-corrected chi connectivity index (χ4v) is 2.47. The molecule has 0 aromatic carbocycles. The molecule has 1 saturated carbocycles. The van der Waals surface area contributed by atoms with Crippen LogP contribution in [0.15, 0.2) is 0 Å². The van der Waals surface area contributed by atoms with Gasteiger partial charge in [0.25, 0.3) is 0 Å². The molecule has 0 spiro atoms. The first-order valence-corrected chi connectivity index (χ1v) is 5.52. The van der Waals surface area contributed by atoms with Crippen LogP contribution in [0.4, 0.5) is 4.79 Å². The Kier molecular flexibility index (Phi) is 2.81. The lowest BCUT2D eigenvalue weighted by Crippen LogP contribution is -2.40. The van der Waals surface area contributed by atoms with Gasteiger partial charge in [-0.05, 0) is 31.6 Å². The summed E-state index contributed by atoms with van der Waals surface area (Å²) in [4.78, 5) is 13.2. The Hall–Kier alpha value is -1.24. The summed E-state index contributed by atoms with van der Waals surface area (Å²) in [6.45, 7) is 0.738. The van der Waals surface area contributed by atoms with Crippen molar-refractivity contribution in [2.75, 3.05) is 13.7 Å². The predicted molar refractivity (Wildman–Crippen MR) is 54.0 cm³/mol. The van der Waals surface area contributed by atoms with E-state index in [1.165, 1.54) is 7.11 Å². The highest BCUT2D eigenvalue weighted by Gasteiger charge is 2.43. The average molecular weight is 208 g/mol. The zero-order chi connectivity index (χ0) is 10.8. The second-order valence-electron chi connectivity index (χ2n) is 4.37. The number of likely N-dealkylation sites (tertiary alicyclic amines) is 1. The van der Waals surface area contributed by atoms with Gasteiger partial charge in [0.1, 0.15) is 0 Å². The summed E-state index contributed by atoms with van der Waals surface area (Å²) in [6.07, 6.45) is 3.94. The molecule has 0 aromatic heterocycles. The van der Waals surface area contributed by atoms with E-state index >= 15 is 0 Å². The van der Waals surface area contributed by atoms with E-state index in [0.29, 0.717) is 5.92 Å². The lowest BCUT2D eigenvalue weighted by molar-refractivity contribution is 0.109. The van der Waals surface area contributed by atoms with Gasteiger partial charge < -0.3 is 9.64 Å². The van der Waals surface area contributed by atoms with Gasteiger partial charge in [-0.2, -0.15) is 5.26 Å². The van der Waals surface area contributed by atoms with E-state index in [4.69, 9.17) is 10.00 Å². The molecule has 0 aromatic rings. The minimum Gasteiger partial charge on any atom is -0.453 e. The van der Waals surface area contributed by atoms with Crippen LogP contribution in [0.1, 0.15) is 25.7 Å². The van der Waals surface area contributed by atoms with Gasteiger partial charge >= 0.3 is 6.09 Å². The van der Waals surface area contributed by atoms with E-state index in [2.05, 4.69) is 6.07 Å². The van der Waals surface area contributed by atoms with E-state index in [-0.39, 0.29) is 18.1 Å². The molecule has 15 heavy (non-hydrogen) atoms. The van der Waals surface area contributed by atoms with Gasteiger partial charge in [-0.3, -0.25) is 0 Å². The molecule has 1 heterocycles. The molecular weight excluding hydrogens is 192 g/mol. The van der Waals surface area contributed by atoms with Crippen LogP contribution in [0, 0.1) is 23.2 Å². The van der Waals surface area contributed by atoms with Crippen LogP contribution in [0.5, 0.6) is 0 Å². The van der Waals surface area contributed by atoms with Gasteiger partial charge in [-0.1, -0.05) is 0 Å². The molecule has 2 atom stereocenters. The number of carbonyl (C=O) groups is 1. The monoisotopic (exact) mass is 208 g/mol. The van der Waals surface area contributed by atoms with Crippen molar-refractivity contribution in [3.05, 3.63) is 0 Å². The highest BCUT2D eigenvalue weighted by atomic mass is 16.5. The Labute approximate surface area is 89.8 Å². The summed E-state index contributed by atoms with van der Waals surface area (Å²) in [5.74, 6) is 0.539. The van der Waals surface area contributed by atoms with Gasteiger partial charge in [0.15, 0.2) is 0 Å². The minimum atomic E-state index is -0.279. The van der Waals surface area contributed by atoms with Gasteiger partial charge in [0, 0.05) is 6.54 Å². The molecule has 2 aliphatic rings. The largest absolute Gasteiger partial charge is 0.453 e. The summed E-state index contributed by atoms with van der Waals surface area (Å²) < 4.78 is 4.74. The van der Waals surface area contributed by atoms with Crippen molar-refractivity contribution in [2.24, 2.45) is 11.8 Å². The van der Waals surface area contributed by atoms with Crippen LogP contribution < -0.4 is 0 Å². The normalized spacial score (nSPS) is 27.2. The second-order valence-corrected chi connectivity index (χ2v) is 4.37. The molecule has 4 nitrogen and oxygen atoms in total. The van der Waals surface area contributed by atoms with Crippen molar-refractivity contribution in [1.82, 2.24) is 4.90 Å². The quantitative estimate of drug-likeness (QED) is 0.695. The van der Waals surface area contributed by atoms with E-state index in [0.717, 1.165) is 32.2 Å². The SMILES string of the molecule is COC(=O)N1CCCC1C(C#N)C1CC1. The maximum Gasteiger partial charge on any atom is 0.409 e. The maximum absolute atomic E-state index is 11.5. The molecule has 2 rings (SSSR count). The zero-order valence-electron chi connectivity index (χ0n) is 8.98. The van der Waals surface area contributed by atoms with Crippen molar-refractivity contribution >= 4 is 6.09 Å². The standard InChI is InChI=1S/C11H16N2O2/c1-15-11(14)13-6-2-3-10(13)9(7-12)8-4-5-8/h8-10H,2-6H2,1H3. The highest BCUT2D eigenvalue weighted by Crippen LogP contribution is 2.42. The number of rotatable bonds is 2. The fraction of sp³-hybridized carbons (Fsp3) is 0.818. The fourth-order valence-electron chi connectivity index (χ4n) is 2.47. The molecule has 1 saturated heterocycles. The molecule has 4 heteroatoms. The van der Waals surface area contributed by atoms with Crippen molar-refractivity contribution in [3.63, 3.8) is 0 Å². The molecule has 1 aliphatic carbocycles. The number of nitriles is 1. The molecule has 82 valence electrons. The first-order valence-electron chi connectivity index (χ1n) is 5.52. The molecule has 1 amide bonds. The first kappa shape index (κ1) is 10.3.